The molecule has 14 heteroatoms. The van der Waals surface area contributed by atoms with Crippen LogP contribution in [0.15, 0.2) is 24.3 Å². The quantitative estimate of drug-likeness (QED) is 0.216. The van der Waals surface area contributed by atoms with Crippen molar-refractivity contribution in [2.24, 2.45) is 0 Å². The van der Waals surface area contributed by atoms with Gasteiger partial charge in [-0.15, -0.1) is 8.78 Å². The molecule has 0 fully saturated rings. The van der Waals surface area contributed by atoms with Crippen LogP contribution in [0, 0.1) is 0 Å². The number of alkyl halides is 8. The van der Waals surface area contributed by atoms with E-state index in [-0.39, 0.29) is 0 Å². The van der Waals surface area contributed by atoms with Gasteiger partial charge in [0.2, 0.25) is 0 Å². The van der Waals surface area contributed by atoms with Gasteiger partial charge in [0.1, 0.15) is 0 Å². The molecule has 0 atom stereocenters. The van der Waals surface area contributed by atoms with E-state index in [9.17, 15) is 44.7 Å². The van der Waals surface area contributed by atoms with Crippen LogP contribution in [0.1, 0.15) is 13.8 Å². The average molecular weight is 430 g/mol. The topological polar surface area (TPSA) is 71.1 Å². The third-order valence-electron chi connectivity index (χ3n) is 2.39. The predicted molar refractivity (Wildman–Crippen MR) is 73.5 cm³/mol. The largest absolute Gasteiger partial charge is 0.495 e. The molecule has 28 heavy (non-hydrogen) atoms. The maximum atomic E-state index is 13.3. The molecule has 162 valence electrons. The monoisotopic (exact) mass is 430 g/mol. The molecule has 0 aromatic carbocycles. The van der Waals surface area contributed by atoms with Gasteiger partial charge in [-0.05, 0) is 13.8 Å². The van der Waals surface area contributed by atoms with Crippen molar-refractivity contribution in [1.82, 2.24) is 0 Å². The van der Waals surface area contributed by atoms with Crippen molar-refractivity contribution >= 4 is 11.9 Å². The number of hydrogen-bond donors (Lipinski definition) is 0. The molecule has 0 unspecified atom stereocenters. The maximum absolute atomic E-state index is 13.3. The van der Waals surface area contributed by atoms with Crippen molar-refractivity contribution in [2.45, 2.75) is 38.3 Å². The molecule has 0 N–H and O–H groups in total. The summed E-state index contributed by atoms with van der Waals surface area (Å²) >= 11 is 0. The van der Waals surface area contributed by atoms with Gasteiger partial charge < -0.3 is 9.47 Å². The molecule has 0 aliphatic heterocycles. The van der Waals surface area contributed by atoms with Crippen LogP contribution in [0.4, 0.5) is 35.1 Å². The summed E-state index contributed by atoms with van der Waals surface area (Å²) in [5.41, 5.74) is -0.882. The first-order valence-electron chi connectivity index (χ1n) is 6.89. The van der Waals surface area contributed by atoms with E-state index in [4.69, 9.17) is 0 Å². The summed E-state index contributed by atoms with van der Waals surface area (Å²) in [6.07, 6.45) is -17.2. The van der Waals surface area contributed by atoms with E-state index in [0.717, 1.165) is 13.8 Å². The van der Waals surface area contributed by atoms with Crippen LogP contribution in [0.3, 0.4) is 0 Å². The highest BCUT2D eigenvalue weighted by atomic mass is 19.3. The predicted octanol–water partition coefficient (Wildman–Crippen LogP) is 3.63. The number of rotatable bonds is 11. The van der Waals surface area contributed by atoms with E-state index in [1.165, 1.54) is 0 Å². The van der Waals surface area contributed by atoms with Gasteiger partial charge in [-0.25, -0.2) is 19.1 Å². The Morgan fingerprint density at radius 1 is 0.750 bits per heavy atom. The minimum absolute atomic E-state index is 0.408. The van der Waals surface area contributed by atoms with Crippen molar-refractivity contribution in [1.29, 1.82) is 0 Å². The van der Waals surface area contributed by atoms with Gasteiger partial charge in [-0.3, -0.25) is 0 Å². The summed E-state index contributed by atoms with van der Waals surface area (Å²) < 4.78 is 118. The molecular formula is C14H14F8O6. The lowest BCUT2D eigenvalue weighted by molar-refractivity contribution is -0.535. The maximum Gasteiger partial charge on any atom is 0.495 e. The Labute approximate surface area is 152 Å². The fraction of sp³-hybridized carbons (Fsp3) is 0.571. The van der Waals surface area contributed by atoms with Crippen LogP contribution in [0.2, 0.25) is 0 Å². The minimum atomic E-state index is -6.11. The second-order valence-corrected chi connectivity index (χ2v) is 5.24. The SMILES string of the molecule is C=C(C)C(=O)OCC(F)(F)OC(F)(F)OC(F)(F)C(F)(F)COC(=O)C(=C)C. The Morgan fingerprint density at radius 2 is 1.14 bits per heavy atom. The molecule has 0 aliphatic rings. The first-order chi connectivity index (χ1) is 12.3. The van der Waals surface area contributed by atoms with E-state index in [1.807, 2.05) is 0 Å². The Hall–Kier alpha value is -2.22. The van der Waals surface area contributed by atoms with Gasteiger partial charge >= 0.3 is 36.4 Å². The van der Waals surface area contributed by atoms with Crippen LogP contribution in [0.25, 0.3) is 0 Å². The van der Waals surface area contributed by atoms with Crippen molar-refractivity contribution in [3.63, 3.8) is 0 Å². The summed E-state index contributed by atoms with van der Waals surface area (Å²) in [6, 6.07) is 0. The lowest BCUT2D eigenvalue weighted by Crippen LogP contribution is -2.52. The summed E-state index contributed by atoms with van der Waals surface area (Å²) in [4.78, 5) is 21.8. The molecule has 0 saturated heterocycles. The fourth-order valence-electron chi connectivity index (χ4n) is 1.08. The second-order valence-electron chi connectivity index (χ2n) is 5.24. The molecule has 0 bridgehead atoms. The zero-order chi connectivity index (χ0) is 22.6. The van der Waals surface area contributed by atoms with Crippen LogP contribution in [-0.4, -0.2) is 49.6 Å². The van der Waals surface area contributed by atoms with E-state index in [0.29, 0.717) is 0 Å². The average Bonchev–Trinajstić information content (AvgIpc) is 2.47. The number of carbonyl (C=O) groups is 2. The van der Waals surface area contributed by atoms with Crippen LogP contribution in [-0.2, 0) is 28.5 Å². The molecule has 0 rings (SSSR count). The van der Waals surface area contributed by atoms with Gasteiger partial charge in [-0.1, -0.05) is 13.2 Å². The Bertz CT molecular complexity index is 631. The Balaban J connectivity index is 5.06. The highest BCUT2D eigenvalue weighted by molar-refractivity contribution is 5.87. The molecule has 0 aromatic heterocycles. The van der Waals surface area contributed by atoms with Gasteiger partial charge in [0.15, 0.2) is 13.2 Å². The molecule has 0 radical (unpaired) electrons. The standard InChI is InChI=1S/C14H14F8O6/c1-7(2)9(23)25-5-11(15,16)13(19,20)28-14(21,22)27-12(17,18)6-26-10(24)8(3)4/h1,3,5-6H2,2,4H3. The van der Waals surface area contributed by atoms with Gasteiger partial charge in [0, 0.05) is 11.1 Å². The van der Waals surface area contributed by atoms with Crippen LogP contribution >= 0.6 is 0 Å². The summed E-state index contributed by atoms with van der Waals surface area (Å²) in [7, 11) is 0. The Morgan fingerprint density at radius 3 is 1.54 bits per heavy atom. The van der Waals surface area contributed by atoms with Crippen molar-refractivity contribution in [2.75, 3.05) is 13.2 Å². The van der Waals surface area contributed by atoms with Crippen LogP contribution in [0.5, 0.6) is 0 Å². The molecule has 0 spiro atoms. The lowest BCUT2D eigenvalue weighted by atomic mass is 10.3. The van der Waals surface area contributed by atoms with Gasteiger partial charge in [0.05, 0.1) is 0 Å². The normalized spacial score (nSPS) is 13.1. The second kappa shape index (κ2) is 8.86. The zero-order valence-corrected chi connectivity index (χ0v) is 14.3. The van der Waals surface area contributed by atoms with Crippen molar-refractivity contribution < 1.29 is 63.7 Å². The first kappa shape index (κ1) is 25.8. The number of ether oxygens (including phenoxy) is 4. The highest BCUT2D eigenvalue weighted by Crippen LogP contribution is 2.41. The summed E-state index contributed by atoms with van der Waals surface area (Å²) in [6.45, 7) is 3.31. The highest BCUT2D eigenvalue weighted by Gasteiger charge is 2.65. The van der Waals surface area contributed by atoms with Gasteiger partial charge in [0.25, 0.3) is 0 Å². The minimum Gasteiger partial charge on any atom is -0.456 e. The van der Waals surface area contributed by atoms with Crippen molar-refractivity contribution in [3.05, 3.63) is 24.3 Å². The van der Waals surface area contributed by atoms with E-state index in [1.54, 1.807) is 0 Å². The number of esters is 2. The first-order valence-corrected chi connectivity index (χ1v) is 6.89. The molecule has 0 saturated carbocycles. The van der Waals surface area contributed by atoms with E-state index in [2.05, 4.69) is 32.1 Å². The molecule has 6 nitrogen and oxygen atoms in total. The third-order valence-corrected chi connectivity index (χ3v) is 2.39. The number of carbonyl (C=O) groups excluding carboxylic acids is 2. The summed E-state index contributed by atoms with van der Waals surface area (Å²) in [5, 5.41) is 0. The molecular weight excluding hydrogens is 416 g/mol. The van der Waals surface area contributed by atoms with Gasteiger partial charge in [-0.2, -0.15) is 26.3 Å². The Kier molecular flexibility index (Phi) is 8.15. The molecule has 0 aliphatic carbocycles. The smallest absolute Gasteiger partial charge is 0.456 e. The molecule has 0 heterocycles. The van der Waals surface area contributed by atoms with E-state index < -0.39 is 60.7 Å². The molecule has 0 aromatic rings. The molecule has 0 amide bonds. The third kappa shape index (κ3) is 8.21. The zero-order valence-electron chi connectivity index (χ0n) is 14.3. The lowest BCUT2D eigenvalue weighted by Gasteiger charge is -2.30. The van der Waals surface area contributed by atoms with E-state index >= 15 is 0 Å². The fourth-order valence-corrected chi connectivity index (χ4v) is 1.08. The summed E-state index contributed by atoms with van der Waals surface area (Å²) in [5.74, 6) is -8.57. The number of hydrogen-bond acceptors (Lipinski definition) is 6. The van der Waals surface area contributed by atoms with Crippen molar-refractivity contribution in [3.8, 4) is 0 Å². The van der Waals surface area contributed by atoms with Crippen LogP contribution < -0.4 is 0 Å². The number of halogens is 8.